The number of rotatable bonds is 3. The summed E-state index contributed by atoms with van der Waals surface area (Å²) in [4.78, 5) is 25.3. The second-order valence-corrected chi connectivity index (χ2v) is 4.86. The smallest absolute Gasteiger partial charge is 0.248 e. The number of amides is 2. The number of carbonyl (C=O) groups is 2. The third-order valence-corrected chi connectivity index (χ3v) is 3.39. The van der Waals surface area contributed by atoms with E-state index in [9.17, 15) is 9.59 Å². The highest BCUT2D eigenvalue weighted by molar-refractivity contribution is 5.97. The lowest BCUT2D eigenvalue weighted by atomic mass is 9.94. The standard InChI is InChI=1S/C11H18N2O2/c1-3-11(2)10(15)13(6-8-4-5-8)7-9(14)12-11/h8H,3-7H2,1-2H3,(H,12,14). The Morgan fingerprint density at radius 1 is 1.47 bits per heavy atom. The van der Waals surface area contributed by atoms with E-state index in [0.717, 1.165) is 6.54 Å². The van der Waals surface area contributed by atoms with Crippen LogP contribution in [0.3, 0.4) is 0 Å². The van der Waals surface area contributed by atoms with E-state index in [0.29, 0.717) is 12.3 Å². The Hall–Kier alpha value is -1.06. The first-order valence-corrected chi connectivity index (χ1v) is 5.65. The summed E-state index contributed by atoms with van der Waals surface area (Å²) in [5.41, 5.74) is -0.676. The summed E-state index contributed by atoms with van der Waals surface area (Å²) in [7, 11) is 0. The van der Waals surface area contributed by atoms with E-state index in [-0.39, 0.29) is 18.4 Å². The molecule has 0 radical (unpaired) electrons. The van der Waals surface area contributed by atoms with Crippen molar-refractivity contribution in [3.05, 3.63) is 0 Å². The van der Waals surface area contributed by atoms with Crippen molar-refractivity contribution in [1.29, 1.82) is 0 Å². The second-order valence-electron chi connectivity index (χ2n) is 4.86. The van der Waals surface area contributed by atoms with E-state index < -0.39 is 5.54 Å². The number of piperazine rings is 1. The van der Waals surface area contributed by atoms with E-state index in [4.69, 9.17) is 0 Å². The van der Waals surface area contributed by atoms with Gasteiger partial charge in [0.2, 0.25) is 11.8 Å². The summed E-state index contributed by atoms with van der Waals surface area (Å²) in [6.45, 7) is 4.75. The van der Waals surface area contributed by atoms with Gasteiger partial charge in [-0.25, -0.2) is 0 Å². The zero-order chi connectivity index (χ0) is 11.1. The van der Waals surface area contributed by atoms with E-state index in [1.165, 1.54) is 12.8 Å². The summed E-state index contributed by atoms with van der Waals surface area (Å²) in [5.74, 6) is 0.692. The SMILES string of the molecule is CCC1(C)NC(=O)CN(CC2CC2)C1=O. The Morgan fingerprint density at radius 2 is 2.13 bits per heavy atom. The van der Waals surface area contributed by atoms with Crippen LogP contribution in [0.25, 0.3) is 0 Å². The molecular weight excluding hydrogens is 192 g/mol. The maximum atomic E-state index is 12.1. The van der Waals surface area contributed by atoms with E-state index >= 15 is 0 Å². The number of hydrogen-bond donors (Lipinski definition) is 1. The predicted octanol–water partition coefficient (Wildman–Crippen LogP) is 0.523. The maximum absolute atomic E-state index is 12.1. The normalized spacial score (nSPS) is 31.7. The Morgan fingerprint density at radius 3 is 2.67 bits per heavy atom. The Kier molecular flexibility index (Phi) is 2.44. The third-order valence-electron chi connectivity index (χ3n) is 3.39. The van der Waals surface area contributed by atoms with Crippen molar-refractivity contribution in [2.24, 2.45) is 5.92 Å². The molecule has 2 aliphatic rings. The van der Waals surface area contributed by atoms with Crippen molar-refractivity contribution in [3.63, 3.8) is 0 Å². The summed E-state index contributed by atoms with van der Waals surface area (Å²) in [6, 6.07) is 0. The first-order valence-electron chi connectivity index (χ1n) is 5.65. The van der Waals surface area contributed by atoms with Gasteiger partial charge in [-0.05, 0) is 32.1 Å². The van der Waals surface area contributed by atoms with Gasteiger partial charge in [-0.15, -0.1) is 0 Å². The van der Waals surface area contributed by atoms with Crippen LogP contribution in [0.4, 0.5) is 0 Å². The Labute approximate surface area is 90.0 Å². The van der Waals surface area contributed by atoms with Crippen LogP contribution in [0.5, 0.6) is 0 Å². The number of hydrogen-bond acceptors (Lipinski definition) is 2. The molecule has 15 heavy (non-hydrogen) atoms. The number of nitrogens with zero attached hydrogens (tertiary/aromatic N) is 1. The zero-order valence-corrected chi connectivity index (χ0v) is 9.38. The molecule has 1 saturated carbocycles. The van der Waals surface area contributed by atoms with Crippen LogP contribution in [0, 0.1) is 5.92 Å². The van der Waals surface area contributed by atoms with E-state index in [1.54, 1.807) is 4.90 Å². The van der Waals surface area contributed by atoms with Gasteiger partial charge < -0.3 is 10.2 Å². The third kappa shape index (κ3) is 1.98. The van der Waals surface area contributed by atoms with Gasteiger partial charge in [0.1, 0.15) is 5.54 Å². The Bertz CT molecular complexity index is 299. The van der Waals surface area contributed by atoms with Crippen LogP contribution < -0.4 is 5.32 Å². The van der Waals surface area contributed by atoms with Gasteiger partial charge in [-0.1, -0.05) is 6.92 Å². The summed E-state index contributed by atoms with van der Waals surface area (Å²) >= 11 is 0. The van der Waals surface area contributed by atoms with Crippen LogP contribution in [0.1, 0.15) is 33.1 Å². The van der Waals surface area contributed by atoms with Gasteiger partial charge in [-0.3, -0.25) is 9.59 Å². The fourth-order valence-electron chi connectivity index (χ4n) is 1.99. The molecule has 1 aliphatic carbocycles. The summed E-state index contributed by atoms with van der Waals surface area (Å²) in [6.07, 6.45) is 3.06. The minimum absolute atomic E-state index is 0.0281. The van der Waals surface area contributed by atoms with E-state index in [1.807, 2.05) is 13.8 Å². The van der Waals surface area contributed by atoms with Crippen molar-refractivity contribution in [1.82, 2.24) is 10.2 Å². The molecule has 2 rings (SSSR count). The molecule has 84 valence electrons. The van der Waals surface area contributed by atoms with Gasteiger partial charge in [0.15, 0.2) is 0 Å². The van der Waals surface area contributed by atoms with Crippen molar-refractivity contribution in [2.75, 3.05) is 13.1 Å². The summed E-state index contributed by atoms with van der Waals surface area (Å²) < 4.78 is 0. The fraction of sp³-hybridized carbons (Fsp3) is 0.818. The minimum atomic E-state index is -0.676. The quantitative estimate of drug-likeness (QED) is 0.738. The van der Waals surface area contributed by atoms with Crippen LogP contribution in [0.15, 0.2) is 0 Å². The van der Waals surface area contributed by atoms with Crippen LogP contribution in [0.2, 0.25) is 0 Å². The first-order chi connectivity index (χ1) is 7.05. The lowest BCUT2D eigenvalue weighted by molar-refractivity contribution is -0.149. The zero-order valence-electron chi connectivity index (χ0n) is 9.38. The molecule has 4 nitrogen and oxygen atoms in total. The molecule has 0 aromatic heterocycles. The molecule has 2 amide bonds. The van der Waals surface area contributed by atoms with Gasteiger partial charge in [0.05, 0.1) is 6.54 Å². The van der Waals surface area contributed by atoms with Gasteiger partial charge in [0, 0.05) is 6.54 Å². The van der Waals surface area contributed by atoms with Gasteiger partial charge in [0.25, 0.3) is 0 Å². The molecule has 0 bridgehead atoms. The fourth-order valence-corrected chi connectivity index (χ4v) is 1.99. The average Bonchev–Trinajstić information content (AvgIpc) is 2.97. The molecule has 0 spiro atoms. The molecular formula is C11H18N2O2. The molecule has 1 atom stereocenters. The van der Waals surface area contributed by atoms with Crippen LogP contribution in [-0.2, 0) is 9.59 Å². The number of carbonyl (C=O) groups excluding carboxylic acids is 2. The molecule has 0 aromatic carbocycles. The average molecular weight is 210 g/mol. The highest BCUT2D eigenvalue weighted by atomic mass is 16.2. The largest absolute Gasteiger partial charge is 0.340 e. The lowest BCUT2D eigenvalue weighted by Crippen LogP contribution is -2.65. The summed E-state index contributed by atoms with van der Waals surface area (Å²) in [5, 5.41) is 2.79. The monoisotopic (exact) mass is 210 g/mol. The molecule has 4 heteroatoms. The van der Waals surface area contributed by atoms with Crippen LogP contribution in [-0.4, -0.2) is 35.3 Å². The maximum Gasteiger partial charge on any atom is 0.248 e. The second kappa shape index (κ2) is 3.51. The first kappa shape index (κ1) is 10.5. The Balaban J connectivity index is 2.09. The lowest BCUT2D eigenvalue weighted by Gasteiger charge is -2.39. The molecule has 1 heterocycles. The van der Waals surface area contributed by atoms with E-state index in [2.05, 4.69) is 5.32 Å². The molecule has 1 unspecified atom stereocenters. The van der Waals surface area contributed by atoms with Gasteiger partial charge >= 0.3 is 0 Å². The molecule has 2 fully saturated rings. The van der Waals surface area contributed by atoms with Crippen LogP contribution >= 0.6 is 0 Å². The molecule has 1 N–H and O–H groups in total. The van der Waals surface area contributed by atoms with Crippen molar-refractivity contribution in [3.8, 4) is 0 Å². The molecule has 0 aromatic rings. The molecule has 1 aliphatic heterocycles. The topological polar surface area (TPSA) is 49.4 Å². The highest BCUT2D eigenvalue weighted by Gasteiger charge is 2.42. The molecule has 1 saturated heterocycles. The number of nitrogens with one attached hydrogen (secondary N) is 1. The van der Waals surface area contributed by atoms with Crippen molar-refractivity contribution < 1.29 is 9.59 Å². The minimum Gasteiger partial charge on any atom is -0.340 e. The predicted molar refractivity (Wildman–Crippen MR) is 56.1 cm³/mol. The highest BCUT2D eigenvalue weighted by Crippen LogP contribution is 2.31. The van der Waals surface area contributed by atoms with Gasteiger partial charge in [-0.2, -0.15) is 0 Å². The van der Waals surface area contributed by atoms with Crippen molar-refractivity contribution in [2.45, 2.75) is 38.6 Å². The van der Waals surface area contributed by atoms with Crippen molar-refractivity contribution >= 4 is 11.8 Å².